The fourth-order valence-corrected chi connectivity index (χ4v) is 0.475. The maximum absolute atomic E-state index is 12.6. The molecule has 2 heteroatoms. The molecular weight excluding hydrogens is 134 g/mol. The first kappa shape index (κ1) is 9.34. The summed E-state index contributed by atoms with van der Waals surface area (Å²) in [6, 6.07) is 0. The summed E-state index contributed by atoms with van der Waals surface area (Å²) in [4.78, 5) is 0. The predicted molar refractivity (Wildman–Crippen MR) is 38.9 cm³/mol. The number of allylic oxidation sites excluding steroid dienone is 3. The second-order valence-electron chi connectivity index (χ2n) is 2.53. The molecule has 0 aliphatic rings. The Bertz CT molecular complexity index is 162. The predicted octanol–water partition coefficient (Wildman–Crippen LogP) is 3.37. The smallest absolute Gasteiger partial charge is 0.157 e. The molecule has 10 heavy (non-hydrogen) atoms. The third kappa shape index (κ3) is 2.29. The van der Waals surface area contributed by atoms with Crippen molar-refractivity contribution in [3.05, 3.63) is 23.8 Å². The van der Waals surface area contributed by atoms with Crippen LogP contribution in [0.5, 0.6) is 0 Å². The summed E-state index contributed by atoms with van der Waals surface area (Å²) in [6.45, 7) is 8.03. The molecule has 0 aromatic rings. The van der Waals surface area contributed by atoms with Gasteiger partial charge in [0.25, 0.3) is 0 Å². The van der Waals surface area contributed by atoms with Gasteiger partial charge in [0.1, 0.15) is 5.83 Å². The van der Waals surface area contributed by atoms with Crippen LogP contribution in [0.2, 0.25) is 0 Å². The van der Waals surface area contributed by atoms with Crippen molar-refractivity contribution in [1.29, 1.82) is 0 Å². The van der Waals surface area contributed by atoms with E-state index in [9.17, 15) is 8.78 Å². The zero-order valence-electron chi connectivity index (χ0n) is 6.54. The van der Waals surface area contributed by atoms with Crippen molar-refractivity contribution >= 4 is 0 Å². The molecule has 0 saturated carbocycles. The van der Waals surface area contributed by atoms with E-state index < -0.39 is 11.7 Å². The second kappa shape index (κ2) is 3.49. The summed E-state index contributed by atoms with van der Waals surface area (Å²) in [5, 5.41) is 0. The third-order valence-electron chi connectivity index (χ3n) is 1.28. The molecule has 0 atom stereocenters. The van der Waals surface area contributed by atoms with Gasteiger partial charge < -0.3 is 0 Å². The first-order valence-electron chi connectivity index (χ1n) is 3.17. The van der Waals surface area contributed by atoms with Gasteiger partial charge in [0, 0.05) is 0 Å². The maximum atomic E-state index is 12.6. The van der Waals surface area contributed by atoms with Gasteiger partial charge in [-0.3, -0.25) is 0 Å². The van der Waals surface area contributed by atoms with E-state index in [1.165, 1.54) is 0 Å². The Labute approximate surface area is 60.2 Å². The maximum Gasteiger partial charge on any atom is 0.157 e. The standard InChI is InChI=1S/C8H12F2/c1-5(2)6(3)8(10)7(4)9/h5H,3H2,1-2,4H3. The lowest BCUT2D eigenvalue weighted by molar-refractivity contribution is 0.529. The van der Waals surface area contributed by atoms with Crippen molar-refractivity contribution in [2.45, 2.75) is 20.8 Å². The molecule has 0 saturated heterocycles. The van der Waals surface area contributed by atoms with Gasteiger partial charge in [-0.05, 0) is 18.4 Å². The normalized spacial score (nSPS) is 13.4. The lowest BCUT2D eigenvalue weighted by atomic mass is 10.0. The topological polar surface area (TPSA) is 0 Å². The fraction of sp³-hybridized carbons (Fsp3) is 0.500. The van der Waals surface area contributed by atoms with E-state index in [1.54, 1.807) is 13.8 Å². The minimum absolute atomic E-state index is 0.0364. The Morgan fingerprint density at radius 2 is 1.70 bits per heavy atom. The Morgan fingerprint density at radius 1 is 1.30 bits per heavy atom. The summed E-state index contributed by atoms with van der Waals surface area (Å²) >= 11 is 0. The average Bonchev–Trinajstić information content (AvgIpc) is 1.84. The molecule has 0 radical (unpaired) electrons. The van der Waals surface area contributed by atoms with Crippen LogP contribution in [0.25, 0.3) is 0 Å². The van der Waals surface area contributed by atoms with Crippen LogP contribution in [-0.4, -0.2) is 0 Å². The monoisotopic (exact) mass is 146 g/mol. The van der Waals surface area contributed by atoms with Crippen LogP contribution in [-0.2, 0) is 0 Å². The summed E-state index contributed by atoms with van der Waals surface area (Å²) < 4.78 is 24.7. The minimum atomic E-state index is -0.810. The Morgan fingerprint density at radius 3 is 1.80 bits per heavy atom. The second-order valence-corrected chi connectivity index (χ2v) is 2.53. The number of hydrogen-bond acceptors (Lipinski definition) is 0. The molecule has 0 fully saturated rings. The summed E-state index contributed by atoms with van der Waals surface area (Å²) in [6.07, 6.45) is 0. The van der Waals surface area contributed by atoms with Crippen LogP contribution in [0.15, 0.2) is 23.8 Å². The zero-order valence-corrected chi connectivity index (χ0v) is 6.54. The lowest BCUT2D eigenvalue weighted by Crippen LogP contribution is -1.93. The van der Waals surface area contributed by atoms with Crippen molar-refractivity contribution in [3.8, 4) is 0 Å². The summed E-state index contributed by atoms with van der Waals surface area (Å²) in [7, 11) is 0. The van der Waals surface area contributed by atoms with Crippen LogP contribution in [0.3, 0.4) is 0 Å². The van der Waals surface area contributed by atoms with Crippen LogP contribution in [0.4, 0.5) is 8.78 Å². The van der Waals surface area contributed by atoms with E-state index in [1.807, 2.05) is 0 Å². The SMILES string of the molecule is C=C(C(F)=C(C)F)C(C)C. The number of hydrogen-bond donors (Lipinski definition) is 0. The molecule has 0 amide bonds. The summed E-state index contributed by atoms with van der Waals surface area (Å²) in [5.74, 6) is -1.64. The highest BCUT2D eigenvalue weighted by molar-refractivity contribution is 5.25. The largest absolute Gasteiger partial charge is 0.209 e. The highest BCUT2D eigenvalue weighted by Crippen LogP contribution is 2.21. The van der Waals surface area contributed by atoms with Gasteiger partial charge in [-0.15, -0.1) is 0 Å². The van der Waals surface area contributed by atoms with Gasteiger partial charge in [0.15, 0.2) is 5.83 Å². The Hall–Kier alpha value is -0.660. The molecule has 0 aromatic carbocycles. The van der Waals surface area contributed by atoms with Gasteiger partial charge in [-0.2, -0.15) is 0 Å². The van der Waals surface area contributed by atoms with Crippen LogP contribution < -0.4 is 0 Å². The van der Waals surface area contributed by atoms with Gasteiger partial charge in [-0.1, -0.05) is 20.4 Å². The van der Waals surface area contributed by atoms with Crippen LogP contribution >= 0.6 is 0 Å². The zero-order chi connectivity index (χ0) is 8.31. The van der Waals surface area contributed by atoms with E-state index in [0.717, 1.165) is 6.92 Å². The molecular formula is C8H12F2. The summed E-state index contributed by atoms with van der Waals surface area (Å²) in [5.41, 5.74) is 0.222. The quantitative estimate of drug-likeness (QED) is 0.524. The van der Waals surface area contributed by atoms with Crippen molar-refractivity contribution in [2.24, 2.45) is 5.92 Å². The highest BCUT2D eigenvalue weighted by atomic mass is 19.2. The Balaban J connectivity index is 4.38. The molecule has 0 aliphatic carbocycles. The number of halogens is 2. The van der Waals surface area contributed by atoms with Gasteiger partial charge >= 0.3 is 0 Å². The fourth-order valence-electron chi connectivity index (χ4n) is 0.475. The molecule has 0 rings (SSSR count). The van der Waals surface area contributed by atoms with Gasteiger partial charge in [0.2, 0.25) is 0 Å². The van der Waals surface area contributed by atoms with Gasteiger partial charge in [-0.25, -0.2) is 8.78 Å². The van der Waals surface area contributed by atoms with E-state index in [4.69, 9.17) is 0 Å². The lowest BCUT2D eigenvalue weighted by Gasteiger charge is -2.05. The van der Waals surface area contributed by atoms with Crippen LogP contribution in [0.1, 0.15) is 20.8 Å². The van der Waals surface area contributed by atoms with E-state index in [2.05, 4.69) is 6.58 Å². The van der Waals surface area contributed by atoms with Crippen LogP contribution in [0, 0.1) is 5.92 Å². The first-order chi connectivity index (χ1) is 4.46. The number of rotatable bonds is 2. The van der Waals surface area contributed by atoms with E-state index in [-0.39, 0.29) is 11.5 Å². The molecule has 0 nitrogen and oxygen atoms in total. The first-order valence-corrected chi connectivity index (χ1v) is 3.17. The van der Waals surface area contributed by atoms with E-state index in [0.29, 0.717) is 0 Å². The molecule has 0 heterocycles. The molecule has 0 unspecified atom stereocenters. The average molecular weight is 146 g/mol. The van der Waals surface area contributed by atoms with Gasteiger partial charge in [0.05, 0.1) is 0 Å². The molecule has 0 aromatic heterocycles. The molecule has 0 bridgehead atoms. The third-order valence-corrected chi connectivity index (χ3v) is 1.28. The van der Waals surface area contributed by atoms with Crippen molar-refractivity contribution in [1.82, 2.24) is 0 Å². The molecule has 0 spiro atoms. The molecule has 58 valence electrons. The van der Waals surface area contributed by atoms with E-state index >= 15 is 0 Å². The highest BCUT2D eigenvalue weighted by Gasteiger charge is 2.08. The van der Waals surface area contributed by atoms with Crippen molar-refractivity contribution in [2.75, 3.05) is 0 Å². The Kier molecular flexibility index (Phi) is 3.26. The molecule has 0 N–H and O–H groups in total. The van der Waals surface area contributed by atoms with Crippen molar-refractivity contribution < 1.29 is 8.78 Å². The van der Waals surface area contributed by atoms with Crippen molar-refractivity contribution in [3.63, 3.8) is 0 Å². The minimum Gasteiger partial charge on any atom is -0.209 e. The molecule has 0 aliphatic heterocycles.